The molecule has 1 amide bonds. The van der Waals surface area contributed by atoms with Crippen LogP contribution in [0.4, 0.5) is 24.5 Å². The van der Waals surface area contributed by atoms with Gasteiger partial charge in [0.2, 0.25) is 5.91 Å². The van der Waals surface area contributed by atoms with E-state index in [4.69, 9.17) is 4.42 Å². The molecule has 2 rings (SSSR count). The standard InChI is InChI=1S/C15H14F3N3O4/c1-9(14(22)19-8-11-3-2-6-25-11)20-12-5-4-10(15(16,17)18)7-13(12)21(23)24/h2-7,9,20H,8H2,1H3,(H,19,22)/t9-/m0/s1. The molecule has 0 saturated carbocycles. The lowest BCUT2D eigenvalue weighted by atomic mass is 10.1. The molecule has 1 aromatic carbocycles. The van der Waals surface area contributed by atoms with Crippen molar-refractivity contribution in [2.45, 2.75) is 25.7 Å². The number of anilines is 1. The van der Waals surface area contributed by atoms with E-state index < -0.39 is 34.3 Å². The molecule has 0 saturated heterocycles. The Morgan fingerprint density at radius 3 is 2.64 bits per heavy atom. The molecule has 2 aromatic rings. The highest BCUT2D eigenvalue weighted by Crippen LogP contribution is 2.35. The average molecular weight is 357 g/mol. The Hall–Kier alpha value is -3.04. The topological polar surface area (TPSA) is 97.4 Å². The first kappa shape index (κ1) is 18.3. The van der Waals surface area contributed by atoms with Gasteiger partial charge in [-0.3, -0.25) is 14.9 Å². The molecule has 1 atom stereocenters. The second kappa shape index (κ2) is 7.24. The number of benzene rings is 1. The molecule has 0 fully saturated rings. The lowest BCUT2D eigenvalue weighted by Gasteiger charge is -2.16. The number of nitro groups is 1. The van der Waals surface area contributed by atoms with Crippen LogP contribution in [-0.2, 0) is 17.5 Å². The number of halogens is 3. The first-order valence-electron chi connectivity index (χ1n) is 7.10. The van der Waals surface area contributed by atoms with Gasteiger partial charge in [-0.2, -0.15) is 13.2 Å². The second-order valence-corrected chi connectivity index (χ2v) is 5.15. The second-order valence-electron chi connectivity index (χ2n) is 5.15. The Labute approximate surface area is 140 Å². The maximum Gasteiger partial charge on any atom is 0.416 e. The average Bonchev–Trinajstić information content (AvgIpc) is 3.05. The van der Waals surface area contributed by atoms with Crippen LogP contribution in [0.15, 0.2) is 41.0 Å². The summed E-state index contributed by atoms with van der Waals surface area (Å²) in [6.45, 7) is 1.55. The van der Waals surface area contributed by atoms with Gasteiger partial charge in [-0.25, -0.2) is 0 Å². The summed E-state index contributed by atoms with van der Waals surface area (Å²) in [6.07, 6.45) is -3.26. The summed E-state index contributed by atoms with van der Waals surface area (Å²) in [6, 6.07) is 4.45. The van der Waals surface area contributed by atoms with Crippen molar-refractivity contribution in [1.29, 1.82) is 0 Å². The van der Waals surface area contributed by atoms with Crippen LogP contribution < -0.4 is 10.6 Å². The Kier molecular flexibility index (Phi) is 5.30. The molecular formula is C15H14F3N3O4. The van der Waals surface area contributed by atoms with Crippen LogP contribution in [0.5, 0.6) is 0 Å². The van der Waals surface area contributed by atoms with E-state index in [-0.39, 0.29) is 12.2 Å². The van der Waals surface area contributed by atoms with Crippen molar-refractivity contribution in [3.05, 3.63) is 58.0 Å². The molecule has 0 unspecified atom stereocenters. The minimum absolute atomic E-state index is 0.118. The zero-order valence-electron chi connectivity index (χ0n) is 13.0. The van der Waals surface area contributed by atoms with Gasteiger partial charge in [0.05, 0.1) is 23.3 Å². The van der Waals surface area contributed by atoms with E-state index in [0.29, 0.717) is 17.9 Å². The van der Waals surface area contributed by atoms with Crippen LogP contribution in [0, 0.1) is 10.1 Å². The first-order chi connectivity index (χ1) is 11.7. The van der Waals surface area contributed by atoms with E-state index in [1.54, 1.807) is 12.1 Å². The molecule has 0 aliphatic rings. The molecule has 0 aliphatic carbocycles. The molecule has 0 radical (unpaired) electrons. The largest absolute Gasteiger partial charge is 0.467 e. The van der Waals surface area contributed by atoms with Gasteiger partial charge in [0.25, 0.3) is 5.69 Å². The predicted octanol–water partition coefficient (Wildman–Crippen LogP) is 3.32. The van der Waals surface area contributed by atoms with Crippen molar-refractivity contribution < 1.29 is 27.3 Å². The van der Waals surface area contributed by atoms with E-state index in [0.717, 1.165) is 6.07 Å². The Morgan fingerprint density at radius 2 is 2.08 bits per heavy atom. The fraction of sp³-hybridized carbons (Fsp3) is 0.267. The van der Waals surface area contributed by atoms with E-state index in [1.165, 1.54) is 13.2 Å². The van der Waals surface area contributed by atoms with E-state index in [2.05, 4.69) is 10.6 Å². The Morgan fingerprint density at radius 1 is 1.36 bits per heavy atom. The smallest absolute Gasteiger partial charge is 0.416 e. The molecular weight excluding hydrogens is 343 g/mol. The molecule has 2 N–H and O–H groups in total. The van der Waals surface area contributed by atoms with Gasteiger partial charge >= 0.3 is 6.18 Å². The van der Waals surface area contributed by atoms with Gasteiger partial charge in [0, 0.05) is 6.07 Å². The van der Waals surface area contributed by atoms with E-state index >= 15 is 0 Å². The van der Waals surface area contributed by atoms with Crippen molar-refractivity contribution >= 4 is 17.3 Å². The van der Waals surface area contributed by atoms with Crippen molar-refractivity contribution in [3.63, 3.8) is 0 Å². The van der Waals surface area contributed by atoms with Gasteiger partial charge in [-0.1, -0.05) is 0 Å². The van der Waals surface area contributed by atoms with E-state index in [1.807, 2.05) is 0 Å². The number of carbonyl (C=O) groups is 1. The molecule has 0 aliphatic heterocycles. The number of hydrogen-bond donors (Lipinski definition) is 2. The molecule has 10 heteroatoms. The van der Waals surface area contributed by atoms with Crippen LogP contribution in [0.1, 0.15) is 18.2 Å². The maximum absolute atomic E-state index is 12.7. The Bertz CT molecular complexity index is 760. The fourth-order valence-electron chi connectivity index (χ4n) is 2.02. The highest BCUT2D eigenvalue weighted by molar-refractivity contribution is 5.85. The summed E-state index contributed by atoms with van der Waals surface area (Å²) < 4.78 is 43.1. The monoisotopic (exact) mass is 357 g/mol. The summed E-state index contributed by atoms with van der Waals surface area (Å²) in [4.78, 5) is 22.1. The number of carbonyl (C=O) groups excluding carboxylic acids is 1. The van der Waals surface area contributed by atoms with Gasteiger partial charge in [0.1, 0.15) is 17.5 Å². The summed E-state index contributed by atoms with van der Waals surface area (Å²) in [5.41, 5.74) is -2.08. The molecule has 1 aromatic heterocycles. The first-order valence-corrected chi connectivity index (χ1v) is 7.10. The van der Waals surface area contributed by atoms with Crippen LogP contribution in [0.3, 0.4) is 0 Å². The summed E-state index contributed by atoms with van der Waals surface area (Å²) in [7, 11) is 0. The van der Waals surface area contributed by atoms with E-state index in [9.17, 15) is 28.1 Å². The zero-order chi connectivity index (χ0) is 18.6. The molecule has 134 valence electrons. The van der Waals surface area contributed by atoms with Crippen LogP contribution in [0.25, 0.3) is 0 Å². The predicted molar refractivity (Wildman–Crippen MR) is 81.7 cm³/mol. The molecule has 7 nitrogen and oxygen atoms in total. The highest BCUT2D eigenvalue weighted by atomic mass is 19.4. The Balaban J connectivity index is 2.09. The summed E-state index contributed by atoms with van der Waals surface area (Å²) in [5.74, 6) is 0.0201. The number of nitro benzene ring substituents is 1. The lowest BCUT2D eigenvalue weighted by Crippen LogP contribution is -2.37. The van der Waals surface area contributed by atoms with Crippen LogP contribution >= 0.6 is 0 Å². The number of furan rings is 1. The van der Waals surface area contributed by atoms with Crippen molar-refractivity contribution in [2.75, 3.05) is 5.32 Å². The number of nitrogens with zero attached hydrogens (tertiary/aromatic N) is 1. The number of hydrogen-bond acceptors (Lipinski definition) is 5. The van der Waals surface area contributed by atoms with Gasteiger partial charge < -0.3 is 15.1 Å². The van der Waals surface area contributed by atoms with Crippen molar-refractivity contribution in [2.24, 2.45) is 0 Å². The number of nitrogens with one attached hydrogen (secondary N) is 2. The van der Waals surface area contributed by atoms with Gasteiger partial charge in [-0.05, 0) is 31.2 Å². The molecule has 25 heavy (non-hydrogen) atoms. The highest BCUT2D eigenvalue weighted by Gasteiger charge is 2.33. The third-order valence-corrected chi connectivity index (χ3v) is 3.30. The van der Waals surface area contributed by atoms with Gasteiger partial charge in [0.15, 0.2) is 0 Å². The van der Waals surface area contributed by atoms with Crippen molar-refractivity contribution in [1.82, 2.24) is 5.32 Å². The van der Waals surface area contributed by atoms with Crippen LogP contribution in [-0.4, -0.2) is 16.9 Å². The SMILES string of the molecule is C[C@H](Nc1ccc(C(F)(F)F)cc1[N+](=O)[O-])C(=O)NCc1ccco1. The quantitative estimate of drug-likeness (QED) is 0.610. The number of amides is 1. The van der Waals surface area contributed by atoms with Gasteiger partial charge in [-0.15, -0.1) is 0 Å². The molecule has 0 bridgehead atoms. The maximum atomic E-state index is 12.7. The molecule has 1 heterocycles. The minimum Gasteiger partial charge on any atom is -0.467 e. The number of rotatable bonds is 6. The van der Waals surface area contributed by atoms with Crippen molar-refractivity contribution in [3.8, 4) is 0 Å². The third kappa shape index (κ3) is 4.72. The summed E-state index contributed by atoms with van der Waals surface area (Å²) >= 11 is 0. The normalized spacial score (nSPS) is 12.5. The fourth-order valence-corrected chi connectivity index (χ4v) is 2.02. The van der Waals surface area contributed by atoms with Crippen LogP contribution in [0.2, 0.25) is 0 Å². The zero-order valence-corrected chi connectivity index (χ0v) is 13.0. The minimum atomic E-state index is -4.70. The summed E-state index contributed by atoms with van der Waals surface area (Å²) in [5, 5.41) is 16.1. The number of alkyl halides is 3. The molecule has 0 spiro atoms. The lowest BCUT2D eigenvalue weighted by molar-refractivity contribution is -0.384. The third-order valence-electron chi connectivity index (χ3n) is 3.30.